The first-order chi connectivity index (χ1) is 7.68. The maximum Gasteiger partial charge on any atom is 0.313 e. The monoisotopic (exact) mass is 230 g/mol. The molecule has 0 aliphatic carbocycles. The number of aliphatic hydroxyl groups is 3. The summed E-state index contributed by atoms with van der Waals surface area (Å²) < 4.78 is 0. The smallest absolute Gasteiger partial charge is 0.313 e. The van der Waals surface area contributed by atoms with Crippen molar-refractivity contribution in [3.8, 4) is 0 Å². The number of rotatable bonds is 10. The summed E-state index contributed by atoms with van der Waals surface area (Å²) in [5.74, 6) is -1.22. The Balaban J connectivity index is 3.13. The van der Waals surface area contributed by atoms with Crippen LogP contribution < -0.4 is 0 Å². The molecule has 3 N–H and O–H groups in total. The highest BCUT2D eigenvalue weighted by atomic mass is 16.5. The summed E-state index contributed by atoms with van der Waals surface area (Å²) in [7, 11) is 0. The van der Waals surface area contributed by atoms with E-state index in [1.54, 1.807) is 0 Å². The Hall–Kier alpha value is -0.860. The maximum atomic E-state index is 9.01. The van der Waals surface area contributed by atoms with Crippen molar-refractivity contribution in [2.24, 2.45) is 0 Å². The summed E-state index contributed by atoms with van der Waals surface area (Å²) in [5.41, 5.74) is 0. The molecule has 0 aliphatic rings. The van der Waals surface area contributed by atoms with Crippen LogP contribution in [0.4, 0.5) is 0 Å². The van der Waals surface area contributed by atoms with Crippen LogP contribution in [-0.4, -0.2) is 15.3 Å². The minimum absolute atomic E-state index is 0.289. The van der Waals surface area contributed by atoms with E-state index in [9.17, 15) is 0 Å². The van der Waals surface area contributed by atoms with Crippen LogP contribution in [0.3, 0.4) is 0 Å². The normalized spacial score (nSPS) is 10.3. The Morgan fingerprint density at radius 2 is 1.12 bits per heavy atom. The van der Waals surface area contributed by atoms with Crippen LogP contribution in [0.1, 0.15) is 71.1 Å². The van der Waals surface area contributed by atoms with Crippen molar-refractivity contribution in [2.45, 2.75) is 71.1 Å². The van der Waals surface area contributed by atoms with Crippen LogP contribution in [0.5, 0.6) is 0 Å². The third kappa shape index (κ3) is 9.69. The first kappa shape index (κ1) is 15.1. The molecule has 96 valence electrons. The van der Waals surface area contributed by atoms with Gasteiger partial charge in [0.1, 0.15) is 0 Å². The molecule has 0 aromatic rings. The fourth-order valence-corrected chi connectivity index (χ4v) is 1.71. The van der Waals surface area contributed by atoms with Gasteiger partial charge in [0.25, 0.3) is 0 Å². The molecule has 0 fully saturated rings. The van der Waals surface area contributed by atoms with Crippen LogP contribution in [0.2, 0.25) is 0 Å². The predicted molar refractivity (Wildman–Crippen MR) is 66.8 cm³/mol. The molecule has 0 rings (SSSR count). The van der Waals surface area contributed by atoms with Gasteiger partial charge in [-0.05, 0) is 6.42 Å². The number of hydrogen-bond acceptors (Lipinski definition) is 3. The van der Waals surface area contributed by atoms with Gasteiger partial charge < -0.3 is 15.3 Å². The second-order valence-corrected chi connectivity index (χ2v) is 4.35. The largest absolute Gasteiger partial charge is 0.506 e. The lowest BCUT2D eigenvalue weighted by atomic mass is 10.1. The lowest BCUT2D eigenvalue weighted by molar-refractivity contribution is 0.153. The third-order valence-corrected chi connectivity index (χ3v) is 2.78. The molecular weight excluding hydrogens is 204 g/mol. The van der Waals surface area contributed by atoms with Gasteiger partial charge in [-0.25, -0.2) is 0 Å². The summed E-state index contributed by atoms with van der Waals surface area (Å²) >= 11 is 0. The van der Waals surface area contributed by atoms with Crippen LogP contribution in [0, 0.1) is 0 Å². The molecule has 0 bridgehead atoms. The summed E-state index contributed by atoms with van der Waals surface area (Å²) in [4.78, 5) is 0. The highest BCUT2D eigenvalue weighted by Crippen LogP contribution is 2.12. The number of hydrogen-bond donors (Lipinski definition) is 3. The zero-order chi connectivity index (χ0) is 12.2. The quantitative estimate of drug-likeness (QED) is 0.375. The van der Waals surface area contributed by atoms with E-state index >= 15 is 0 Å². The summed E-state index contributed by atoms with van der Waals surface area (Å²) in [5, 5.41) is 26.1. The molecule has 0 aromatic heterocycles. The van der Waals surface area contributed by atoms with Gasteiger partial charge in [0.15, 0.2) is 5.76 Å². The molecule has 0 saturated heterocycles. The summed E-state index contributed by atoms with van der Waals surface area (Å²) in [6.07, 6.45) is 11.3. The molecule has 0 unspecified atom stereocenters. The zero-order valence-electron chi connectivity index (χ0n) is 10.4. The van der Waals surface area contributed by atoms with Crippen molar-refractivity contribution in [2.75, 3.05) is 0 Å². The highest BCUT2D eigenvalue weighted by Gasteiger charge is 2.00. The van der Waals surface area contributed by atoms with Crippen molar-refractivity contribution in [3.05, 3.63) is 11.7 Å². The van der Waals surface area contributed by atoms with Gasteiger partial charge in [-0.1, -0.05) is 58.3 Å². The van der Waals surface area contributed by atoms with Gasteiger partial charge in [-0.3, -0.25) is 0 Å². The highest BCUT2D eigenvalue weighted by molar-refractivity contribution is 4.88. The minimum Gasteiger partial charge on any atom is -0.506 e. The fraction of sp³-hybridized carbons (Fsp3) is 0.846. The van der Waals surface area contributed by atoms with Crippen molar-refractivity contribution in [1.82, 2.24) is 0 Å². The molecule has 3 nitrogen and oxygen atoms in total. The standard InChI is InChI=1S/C13H26O3/c1-2-3-4-5-6-7-8-9-10-11-12(14)13(15)16/h14-16H,2-11H2,1H3. The molecule has 0 aromatic carbocycles. The Bertz CT molecular complexity index is 184. The Morgan fingerprint density at radius 1 is 0.688 bits per heavy atom. The lowest BCUT2D eigenvalue weighted by Crippen LogP contribution is -1.90. The lowest BCUT2D eigenvalue weighted by Gasteiger charge is -2.02. The van der Waals surface area contributed by atoms with Crippen molar-refractivity contribution in [1.29, 1.82) is 0 Å². The van der Waals surface area contributed by atoms with Crippen LogP contribution in [-0.2, 0) is 0 Å². The second-order valence-electron chi connectivity index (χ2n) is 4.35. The average Bonchev–Trinajstić information content (AvgIpc) is 2.26. The Morgan fingerprint density at radius 3 is 1.56 bits per heavy atom. The number of aliphatic hydroxyl groups excluding tert-OH is 2. The summed E-state index contributed by atoms with van der Waals surface area (Å²) in [6.45, 7) is 2.22. The molecule has 0 atom stereocenters. The predicted octanol–water partition coefficient (Wildman–Crippen LogP) is 4.75. The Labute approximate surface area is 98.8 Å². The second kappa shape index (κ2) is 10.7. The van der Waals surface area contributed by atoms with E-state index in [4.69, 9.17) is 15.3 Å². The SMILES string of the molecule is CCCCCCCCCCCC(O)=C(O)O. The minimum atomic E-state index is -0.931. The van der Waals surface area contributed by atoms with E-state index in [1.165, 1.54) is 44.9 Å². The molecule has 3 heteroatoms. The van der Waals surface area contributed by atoms with E-state index in [-0.39, 0.29) is 5.76 Å². The van der Waals surface area contributed by atoms with Crippen LogP contribution in [0.15, 0.2) is 11.7 Å². The van der Waals surface area contributed by atoms with Crippen LogP contribution in [0.25, 0.3) is 0 Å². The van der Waals surface area contributed by atoms with Gasteiger partial charge in [0.2, 0.25) is 0 Å². The van der Waals surface area contributed by atoms with E-state index < -0.39 is 5.95 Å². The third-order valence-electron chi connectivity index (χ3n) is 2.78. The molecule has 0 spiro atoms. The zero-order valence-corrected chi connectivity index (χ0v) is 10.4. The van der Waals surface area contributed by atoms with Gasteiger partial charge in [-0.2, -0.15) is 0 Å². The van der Waals surface area contributed by atoms with E-state index in [0.717, 1.165) is 12.8 Å². The van der Waals surface area contributed by atoms with Crippen molar-refractivity contribution in [3.63, 3.8) is 0 Å². The topological polar surface area (TPSA) is 60.7 Å². The molecule has 0 aliphatic heterocycles. The fourth-order valence-electron chi connectivity index (χ4n) is 1.71. The van der Waals surface area contributed by atoms with Gasteiger partial charge in [0.05, 0.1) is 0 Å². The average molecular weight is 230 g/mol. The Kier molecular flexibility index (Phi) is 10.1. The summed E-state index contributed by atoms with van der Waals surface area (Å²) in [6, 6.07) is 0. The van der Waals surface area contributed by atoms with Crippen molar-refractivity contribution < 1.29 is 15.3 Å². The molecule has 0 amide bonds. The number of unbranched alkanes of at least 4 members (excludes halogenated alkanes) is 8. The van der Waals surface area contributed by atoms with E-state index in [1.807, 2.05) is 0 Å². The van der Waals surface area contributed by atoms with Crippen LogP contribution >= 0.6 is 0 Å². The van der Waals surface area contributed by atoms with Gasteiger partial charge in [-0.15, -0.1) is 0 Å². The molecule has 16 heavy (non-hydrogen) atoms. The van der Waals surface area contributed by atoms with E-state index in [0.29, 0.717) is 6.42 Å². The van der Waals surface area contributed by atoms with E-state index in [2.05, 4.69) is 6.92 Å². The molecule has 0 saturated carbocycles. The first-order valence-corrected chi connectivity index (χ1v) is 6.48. The number of allylic oxidation sites excluding steroid dienone is 1. The molecule has 0 heterocycles. The maximum absolute atomic E-state index is 9.01. The molecular formula is C13H26O3. The molecule has 0 radical (unpaired) electrons. The van der Waals surface area contributed by atoms with Crippen molar-refractivity contribution >= 4 is 0 Å². The first-order valence-electron chi connectivity index (χ1n) is 6.48. The van der Waals surface area contributed by atoms with Gasteiger partial charge in [0, 0.05) is 6.42 Å². The van der Waals surface area contributed by atoms with Gasteiger partial charge >= 0.3 is 5.95 Å².